The smallest absolute Gasteiger partial charge is 0.421 e. The van der Waals surface area contributed by atoms with Gasteiger partial charge in [-0.05, 0) is 57.1 Å². The number of pyridine rings is 1. The number of ether oxygens (including phenoxy) is 2. The largest absolute Gasteiger partial charge is 0.465 e. The van der Waals surface area contributed by atoms with Gasteiger partial charge in [0.1, 0.15) is 11.8 Å². The van der Waals surface area contributed by atoms with Gasteiger partial charge in [-0.1, -0.05) is 6.92 Å². The molecule has 1 saturated carbocycles. The molecule has 1 aromatic carbocycles. The number of esters is 1. The standard InChI is InChI=1S/C27H30F4N2O5/c1-15(2)33(25(35)18-7-5-16(3)6-8-18)22-13-21(28)23(12-19(22)26(36)37-4)38-24-20(27(29,30)31)11-17(9-10-34)14-32-24/h10-16,18H,5-9H2,1-4H3/t16-,18-. The van der Waals surface area contributed by atoms with E-state index in [2.05, 4.69) is 11.9 Å². The van der Waals surface area contributed by atoms with E-state index in [1.54, 1.807) is 13.8 Å². The highest BCUT2D eigenvalue weighted by atomic mass is 19.4. The van der Waals surface area contributed by atoms with Crippen LogP contribution in [0.4, 0.5) is 23.2 Å². The quantitative estimate of drug-likeness (QED) is 0.228. The summed E-state index contributed by atoms with van der Waals surface area (Å²) in [6.07, 6.45) is -0.725. The van der Waals surface area contributed by atoms with Crippen molar-refractivity contribution < 1.29 is 41.4 Å². The molecule has 0 atom stereocenters. The van der Waals surface area contributed by atoms with E-state index in [4.69, 9.17) is 9.47 Å². The minimum absolute atomic E-state index is 0.00561. The molecule has 3 rings (SSSR count). The van der Waals surface area contributed by atoms with Crippen molar-refractivity contribution in [2.24, 2.45) is 11.8 Å². The van der Waals surface area contributed by atoms with Crippen LogP contribution in [0.25, 0.3) is 0 Å². The van der Waals surface area contributed by atoms with Gasteiger partial charge in [0.15, 0.2) is 11.6 Å². The lowest BCUT2D eigenvalue weighted by Crippen LogP contribution is -2.43. The molecule has 0 saturated heterocycles. The van der Waals surface area contributed by atoms with E-state index in [1.807, 2.05) is 0 Å². The summed E-state index contributed by atoms with van der Waals surface area (Å²) < 4.78 is 66.4. The van der Waals surface area contributed by atoms with Gasteiger partial charge in [-0.25, -0.2) is 14.2 Å². The highest BCUT2D eigenvalue weighted by molar-refractivity contribution is 6.04. The van der Waals surface area contributed by atoms with Crippen molar-refractivity contribution >= 4 is 23.9 Å². The monoisotopic (exact) mass is 538 g/mol. The average molecular weight is 539 g/mol. The summed E-state index contributed by atoms with van der Waals surface area (Å²) in [4.78, 5) is 41.9. The molecule has 1 aliphatic carbocycles. The number of aldehydes is 1. The predicted molar refractivity (Wildman–Crippen MR) is 131 cm³/mol. The van der Waals surface area contributed by atoms with E-state index in [0.29, 0.717) is 31.1 Å². The van der Waals surface area contributed by atoms with Gasteiger partial charge in [0.05, 0.1) is 18.4 Å². The normalized spacial score (nSPS) is 17.7. The number of aromatic nitrogens is 1. The first-order valence-corrected chi connectivity index (χ1v) is 12.3. The zero-order valence-electron chi connectivity index (χ0n) is 21.6. The van der Waals surface area contributed by atoms with Gasteiger partial charge in [-0.3, -0.25) is 4.79 Å². The molecule has 0 radical (unpaired) electrons. The van der Waals surface area contributed by atoms with Crippen LogP contribution in [0.3, 0.4) is 0 Å². The zero-order valence-corrected chi connectivity index (χ0v) is 21.6. The molecular weight excluding hydrogens is 508 g/mol. The number of nitrogens with zero attached hydrogens (tertiary/aromatic N) is 2. The number of hydrogen-bond donors (Lipinski definition) is 0. The third-order valence-corrected chi connectivity index (χ3v) is 6.57. The van der Waals surface area contributed by atoms with Crippen molar-refractivity contribution in [2.45, 2.75) is 65.1 Å². The summed E-state index contributed by atoms with van der Waals surface area (Å²) >= 11 is 0. The van der Waals surface area contributed by atoms with Crippen LogP contribution < -0.4 is 9.64 Å². The molecule has 1 fully saturated rings. The Bertz CT molecular complexity index is 1190. The molecule has 1 aromatic heterocycles. The third-order valence-electron chi connectivity index (χ3n) is 6.57. The van der Waals surface area contributed by atoms with Crippen LogP contribution in [0, 0.1) is 17.7 Å². The van der Waals surface area contributed by atoms with Crippen LogP contribution in [0.5, 0.6) is 11.6 Å². The first kappa shape index (κ1) is 29.1. The second-order valence-corrected chi connectivity index (χ2v) is 9.72. The fourth-order valence-electron chi connectivity index (χ4n) is 4.54. The van der Waals surface area contributed by atoms with Crippen molar-refractivity contribution in [3.63, 3.8) is 0 Å². The second-order valence-electron chi connectivity index (χ2n) is 9.72. The van der Waals surface area contributed by atoms with Crippen LogP contribution >= 0.6 is 0 Å². The summed E-state index contributed by atoms with van der Waals surface area (Å²) in [7, 11) is 1.09. The third kappa shape index (κ3) is 6.49. The van der Waals surface area contributed by atoms with E-state index >= 15 is 4.39 Å². The number of benzene rings is 1. The first-order chi connectivity index (χ1) is 17.9. The number of amides is 1. The molecule has 1 heterocycles. The molecule has 206 valence electrons. The van der Waals surface area contributed by atoms with Gasteiger partial charge in [0.25, 0.3) is 0 Å². The Kier molecular flexibility index (Phi) is 9.11. The summed E-state index contributed by atoms with van der Waals surface area (Å²) in [5, 5.41) is 0. The molecule has 0 bridgehead atoms. The topological polar surface area (TPSA) is 85.8 Å². The van der Waals surface area contributed by atoms with E-state index < -0.39 is 41.2 Å². The number of rotatable bonds is 8. The fourth-order valence-corrected chi connectivity index (χ4v) is 4.54. The van der Waals surface area contributed by atoms with Gasteiger partial charge >= 0.3 is 12.1 Å². The van der Waals surface area contributed by atoms with Crippen molar-refractivity contribution in [1.29, 1.82) is 0 Å². The molecule has 0 unspecified atom stereocenters. The lowest BCUT2D eigenvalue weighted by Gasteiger charge is -2.34. The molecular formula is C27H30F4N2O5. The van der Waals surface area contributed by atoms with E-state index in [1.165, 1.54) is 4.90 Å². The van der Waals surface area contributed by atoms with Crippen molar-refractivity contribution in [3.8, 4) is 11.6 Å². The number of methoxy groups -OCH3 is 1. The number of hydrogen-bond acceptors (Lipinski definition) is 6. The highest BCUT2D eigenvalue weighted by Gasteiger charge is 2.37. The Labute approximate surface area is 218 Å². The number of anilines is 1. The Morgan fingerprint density at radius 2 is 1.82 bits per heavy atom. The fraction of sp³-hybridized carbons (Fsp3) is 0.481. The zero-order chi connectivity index (χ0) is 28.2. The van der Waals surface area contributed by atoms with Crippen molar-refractivity contribution in [2.75, 3.05) is 12.0 Å². The van der Waals surface area contributed by atoms with Crippen LogP contribution in [0.15, 0.2) is 24.4 Å². The minimum atomic E-state index is -4.92. The summed E-state index contributed by atoms with van der Waals surface area (Å²) in [6, 6.07) is 2.02. The number of halogens is 4. The minimum Gasteiger partial charge on any atom is -0.465 e. The Morgan fingerprint density at radius 3 is 2.37 bits per heavy atom. The lowest BCUT2D eigenvalue weighted by molar-refractivity contribution is -0.139. The molecule has 0 aliphatic heterocycles. The second kappa shape index (κ2) is 11.9. The van der Waals surface area contributed by atoms with Crippen molar-refractivity contribution in [3.05, 3.63) is 46.9 Å². The van der Waals surface area contributed by atoms with E-state index in [9.17, 15) is 27.6 Å². The maximum Gasteiger partial charge on any atom is 0.421 e. The molecule has 0 spiro atoms. The van der Waals surface area contributed by atoms with Crippen LogP contribution in [-0.4, -0.2) is 36.3 Å². The number of carbonyl (C=O) groups is 3. The molecule has 1 amide bonds. The van der Waals surface area contributed by atoms with Gasteiger partial charge in [0, 0.05) is 36.7 Å². The number of alkyl halides is 3. The Hall–Kier alpha value is -3.50. The van der Waals surface area contributed by atoms with Gasteiger partial charge in [-0.2, -0.15) is 13.2 Å². The van der Waals surface area contributed by atoms with E-state index in [-0.39, 0.29) is 35.1 Å². The summed E-state index contributed by atoms with van der Waals surface area (Å²) in [6.45, 7) is 5.54. The molecule has 0 N–H and O–H groups in total. The predicted octanol–water partition coefficient (Wildman–Crippen LogP) is 6.13. The number of carbonyl (C=O) groups excluding carboxylic acids is 3. The molecule has 2 aromatic rings. The van der Waals surface area contributed by atoms with Crippen molar-refractivity contribution in [1.82, 2.24) is 4.98 Å². The maximum atomic E-state index is 15.3. The van der Waals surface area contributed by atoms with Crippen LogP contribution in [-0.2, 0) is 26.9 Å². The SMILES string of the molecule is COC(=O)c1cc(Oc2ncc(CC=O)cc2C(F)(F)F)c(F)cc1N(C(=O)[C@H]1CC[C@H](C)CC1)C(C)C. The molecule has 7 nitrogen and oxygen atoms in total. The molecule has 1 aliphatic rings. The van der Waals surface area contributed by atoms with E-state index in [0.717, 1.165) is 38.3 Å². The molecule has 38 heavy (non-hydrogen) atoms. The highest BCUT2D eigenvalue weighted by Crippen LogP contribution is 2.40. The van der Waals surface area contributed by atoms with Gasteiger partial charge in [0.2, 0.25) is 11.8 Å². The van der Waals surface area contributed by atoms with Gasteiger partial charge in [-0.15, -0.1) is 0 Å². The van der Waals surface area contributed by atoms with Gasteiger partial charge < -0.3 is 19.2 Å². The Morgan fingerprint density at radius 1 is 1.16 bits per heavy atom. The first-order valence-electron chi connectivity index (χ1n) is 12.3. The molecule has 11 heteroatoms. The maximum absolute atomic E-state index is 15.3. The van der Waals surface area contributed by atoms with Crippen LogP contribution in [0.1, 0.15) is 67.9 Å². The van der Waals surface area contributed by atoms with Crippen LogP contribution in [0.2, 0.25) is 0 Å². The Balaban J connectivity index is 2.07. The summed E-state index contributed by atoms with van der Waals surface area (Å²) in [5.74, 6) is -3.77. The lowest BCUT2D eigenvalue weighted by atomic mass is 9.82. The summed E-state index contributed by atoms with van der Waals surface area (Å²) in [5.41, 5.74) is -1.63. The average Bonchev–Trinajstić information content (AvgIpc) is 2.85.